The van der Waals surface area contributed by atoms with E-state index in [1.54, 1.807) is 13.0 Å². The van der Waals surface area contributed by atoms with Gasteiger partial charge in [0, 0.05) is 5.56 Å². The van der Waals surface area contributed by atoms with Crippen molar-refractivity contribution in [2.45, 2.75) is 19.4 Å². The van der Waals surface area contributed by atoms with Crippen molar-refractivity contribution in [3.05, 3.63) is 47.8 Å². The first-order valence-corrected chi connectivity index (χ1v) is 4.73. The van der Waals surface area contributed by atoms with Gasteiger partial charge in [0.2, 0.25) is 0 Å². The third kappa shape index (κ3) is 2.73. The summed E-state index contributed by atoms with van der Waals surface area (Å²) >= 11 is 0. The molecule has 1 aromatic rings. The largest absolute Gasteiger partial charge is 0.321 e. The molecule has 0 amide bonds. The zero-order valence-electron chi connectivity index (χ0n) is 8.66. The molecule has 1 atom stereocenters. The van der Waals surface area contributed by atoms with Gasteiger partial charge < -0.3 is 5.73 Å². The van der Waals surface area contributed by atoms with E-state index in [2.05, 4.69) is 6.58 Å². The Hall–Kier alpha value is -1.48. The fourth-order valence-corrected chi connectivity index (χ4v) is 1.30. The maximum Gasteiger partial charge on any atom is 0.179 e. The van der Waals surface area contributed by atoms with Crippen molar-refractivity contribution in [1.82, 2.24) is 0 Å². The van der Waals surface area contributed by atoms with Gasteiger partial charge in [0.15, 0.2) is 5.78 Å². The highest BCUT2D eigenvalue weighted by Gasteiger charge is 2.14. The third-order valence-electron chi connectivity index (χ3n) is 2.20. The predicted octanol–water partition coefficient (Wildman–Crippen LogP) is 2.22. The molecule has 0 radical (unpaired) electrons. The van der Waals surface area contributed by atoms with Crippen LogP contribution >= 0.6 is 0 Å². The molecule has 1 unspecified atom stereocenters. The second kappa shape index (κ2) is 4.84. The number of Topliss-reactive ketones (excluding diaryl/α,β-unsaturated/α-hetero) is 1. The van der Waals surface area contributed by atoms with E-state index in [4.69, 9.17) is 5.73 Å². The Morgan fingerprint density at radius 1 is 1.67 bits per heavy atom. The molecule has 15 heavy (non-hydrogen) atoms. The molecule has 2 nitrogen and oxygen atoms in total. The highest BCUT2D eigenvalue weighted by atomic mass is 19.1. The Bertz CT molecular complexity index is 387. The third-order valence-corrected chi connectivity index (χ3v) is 2.20. The van der Waals surface area contributed by atoms with Gasteiger partial charge in [-0.25, -0.2) is 4.39 Å². The molecule has 0 aliphatic heterocycles. The van der Waals surface area contributed by atoms with Gasteiger partial charge in [0.1, 0.15) is 5.82 Å². The summed E-state index contributed by atoms with van der Waals surface area (Å²) in [6.07, 6.45) is 2.02. The molecule has 0 aliphatic carbocycles. The average Bonchev–Trinajstić information content (AvgIpc) is 2.21. The van der Waals surface area contributed by atoms with Gasteiger partial charge in [0.25, 0.3) is 0 Å². The lowest BCUT2D eigenvalue weighted by Crippen LogP contribution is -2.29. The Kier molecular flexibility index (Phi) is 3.74. The van der Waals surface area contributed by atoms with Gasteiger partial charge in [-0.15, -0.1) is 6.58 Å². The Labute approximate surface area is 88.6 Å². The molecular formula is C12H14FNO. The van der Waals surface area contributed by atoms with Crippen molar-refractivity contribution in [3.8, 4) is 0 Å². The summed E-state index contributed by atoms with van der Waals surface area (Å²) in [5, 5.41) is 0. The Balaban J connectivity index is 2.91. The minimum atomic E-state index is -0.590. The fraction of sp³-hybridized carbons (Fsp3) is 0.250. The zero-order valence-corrected chi connectivity index (χ0v) is 8.66. The average molecular weight is 207 g/mol. The van der Waals surface area contributed by atoms with Crippen molar-refractivity contribution in [2.24, 2.45) is 5.73 Å². The monoisotopic (exact) mass is 207 g/mol. The number of carbonyl (C=O) groups excluding carboxylic acids is 1. The van der Waals surface area contributed by atoms with Gasteiger partial charge in [-0.3, -0.25) is 4.79 Å². The first-order chi connectivity index (χ1) is 7.06. The van der Waals surface area contributed by atoms with Crippen LogP contribution in [0.5, 0.6) is 0 Å². The summed E-state index contributed by atoms with van der Waals surface area (Å²) in [6, 6.07) is 3.66. The summed E-state index contributed by atoms with van der Waals surface area (Å²) in [5.74, 6) is -0.498. The van der Waals surface area contributed by atoms with Crippen molar-refractivity contribution >= 4 is 5.78 Å². The second-order valence-electron chi connectivity index (χ2n) is 3.46. The molecule has 80 valence electrons. The number of halogens is 1. The SMILES string of the molecule is C=CCC(N)C(=O)c1ccc(F)c(C)c1. The fourth-order valence-electron chi connectivity index (χ4n) is 1.30. The first kappa shape index (κ1) is 11.6. The van der Waals surface area contributed by atoms with Crippen LogP contribution in [0.1, 0.15) is 22.3 Å². The topological polar surface area (TPSA) is 43.1 Å². The summed E-state index contributed by atoms with van der Waals surface area (Å²) in [5.41, 5.74) is 6.53. The summed E-state index contributed by atoms with van der Waals surface area (Å²) in [4.78, 5) is 11.7. The van der Waals surface area contributed by atoms with Gasteiger partial charge in [-0.2, -0.15) is 0 Å². The number of hydrogen-bond acceptors (Lipinski definition) is 2. The molecule has 0 saturated carbocycles. The zero-order chi connectivity index (χ0) is 11.4. The van der Waals surface area contributed by atoms with E-state index in [1.165, 1.54) is 18.2 Å². The lowest BCUT2D eigenvalue weighted by molar-refractivity contribution is 0.0962. The van der Waals surface area contributed by atoms with Crippen molar-refractivity contribution in [3.63, 3.8) is 0 Å². The number of ketones is 1. The molecule has 3 heteroatoms. The van der Waals surface area contributed by atoms with Gasteiger partial charge in [-0.1, -0.05) is 6.08 Å². The first-order valence-electron chi connectivity index (χ1n) is 4.73. The van der Waals surface area contributed by atoms with E-state index in [1.807, 2.05) is 0 Å². The normalized spacial score (nSPS) is 12.2. The van der Waals surface area contributed by atoms with Crippen LogP contribution in [0.15, 0.2) is 30.9 Å². The van der Waals surface area contributed by atoms with E-state index >= 15 is 0 Å². The van der Waals surface area contributed by atoms with E-state index in [9.17, 15) is 9.18 Å². The predicted molar refractivity (Wildman–Crippen MR) is 58.3 cm³/mol. The minimum absolute atomic E-state index is 0.182. The van der Waals surface area contributed by atoms with Crippen LogP contribution in [0.25, 0.3) is 0 Å². The quantitative estimate of drug-likeness (QED) is 0.607. The standard InChI is InChI=1S/C12H14FNO/c1-3-4-11(14)12(15)9-5-6-10(13)8(2)7-9/h3,5-7,11H,1,4,14H2,2H3. The van der Waals surface area contributed by atoms with Crippen LogP contribution in [0.4, 0.5) is 4.39 Å². The molecule has 0 bridgehead atoms. The molecular weight excluding hydrogens is 193 g/mol. The number of carbonyl (C=O) groups is 1. The molecule has 0 aromatic heterocycles. The summed E-state index contributed by atoms with van der Waals surface area (Å²) in [7, 11) is 0. The van der Waals surface area contributed by atoms with Gasteiger partial charge in [0.05, 0.1) is 6.04 Å². The van der Waals surface area contributed by atoms with E-state index in [0.29, 0.717) is 17.5 Å². The Morgan fingerprint density at radius 2 is 2.33 bits per heavy atom. The van der Waals surface area contributed by atoms with Crippen LogP contribution in [0.2, 0.25) is 0 Å². The number of hydrogen-bond donors (Lipinski definition) is 1. The minimum Gasteiger partial charge on any atom is -0.321 e. The van der Waals surface area contributed by atoms with Gasteiger partial charge in [-0.05, 0) is 37.1 Å². The summed E-state index contributed by atoms with van der Waals surface area (Å²) in [6.45, 7) is 5.13. The van der Waals surface area contributed by atoms with Crippen LogP contribution in [-0.2, 0) is 0 Å². The molecule has 0 aliphatic rings. The van der Waals surface area contributed by atoms with Crippen molar-refractivity contribution < 1.29 is 9.18 Å². The molecule has 1 aromatic carbocycles. The molecule has 0 heterocycles. The molecule has 1 rings (SSSR count). The van der Waals surface area contributed by atoms with E-state index in [-0.39, 0.29) is 11.6 Å². The summed E-state index contributed by atoms with van der Waals surface area (Å²) < 4.78 is 13.0. The molecule has 0 saturated heterocycles. The number of aryl methyl sites for hydroxylation is 1. The lowest BCUT2D eigenvalue weighted by atomic mass is 10.0. The number of rotatable bonds is 4. The number of nitrogens with two attached hydrogens (primary N) is 1. The Morgan fingerprint density at radius 3 is 2.87 bits per heavy atom. The lowest BCUT2D eigenvalue weighted by Gasteiger charge is -2.08. The highest BCUT2D eigenvalue weighted by Crippen LogP contribution is 2.11. The van der Waals surface area contributed by atoms with E-state index in [0.717, 1.165) is 0 Å². The van der Waals surface area contributed by atoms with Crippen LogP contribution in [0.3, 0.4) is 0 Å². The maximum atomic E-state index is 13.0. The van der Waals surface area contributed by atoms with Crippen LogP contribution in [-0.4, -0.2) is 11.8 Å². The molecule has 2 N–H and O–H groups in total. The molecule has 0 fully saturated rings. The van der Waals surface area contributed by atoms with Crippen LogP contribution in [0, 0.1) is 12.7 Å². The molecule has 0 spiro atoms. The van der Waals surface area contributed by atoms with Crippen molar-refractivity contribution in [1.29, 1.82) is 0 Å². The second-order valence-corrected chi connectivity index (χ2v) is 3.46. The van der Waals surface area contributed by atoms with E-state index < -0.39 is 6.04 Å². The highest BCUT2D eigenvalue weighted by molar-refractivity contribution is 6.00. The van der Waals surface area contributed by atoms with Crippen LogP contribution < -0.4 is 5.73 Å². The van der Waals surface area contributed by atoms with Gasteiger partial charge >= 0.3 is 0 Å². The number of benzene rings is 1. The maximum absolute atomic E-state index is 13.0. The smallest absolute Gasteiger partial charge is 0.179 e. The van der Waals surface area contributed by atoms with Crippen molar-refractivity contribution in [2.75, 3.05) is 0 Å².